The third-order valence-corrected chi connectivity index (χ3v) is 2.46. The van der Waals surface area contributed by atoms with Gasteiger partial charge in [0.1, 0.15) is 11.4 Å². The van der Waals surface area contributed by atoms with Crippen LogP contribution in [0.4, 0.5) is 0 Å². The third kappa shape index (κ3) is 2.17. The highest BCUT2D eigenvalue weighted by Gasteiger charge is 2.07. The van der Waals surface area contributed by atoms with Gasteiger partial charge in [-0.05, 0) is 19.1 Å². The van der Waals surface area contributed by atoms with Gasteiger partial charge in [-0.15, -0.1) is 16.7 Å². The quantitative estimate of drug-likeness (QED) is 0.771. The molecule has 0 aliphatic heterocycles. The Labute approximate surface area is 98.8 Å². The van der Waals surface area contributed by atoms with E-state index in [1.165, 1.54) is 0 Å². The summed E-state index contributed by atoms with van der Waals surface area (Å²) < 4.78 is 6.82. The van der Waals surface area contributed by atoms with Gasteiger partial charge in [0.15, 0.2) is 0 Å². The summed E-state index contributed by atoms with van der Waals surface area (Å²) in [5.41, 5.74) is 1.65. The predicted molar refractivity (Wildman–Crippen MR) is 62.2 cm³/mol. The first-order valence-corrected chi connectivity index (χ1v) is 5.35. The number of benzene rings is 1. The van der Waals surface area contributed by atoms with Crippen molar-refractivity contribution in [2.75, 3.05) is 7.11 Å². The van der Waals surface area contributed by atoms with Crippen molar-refractivity contribution in [1.29, 1.82) is 0 Å². The summed E-state index contributed by atoms with van der Waals surface area (Å²) in [5.74, 6) is 0.786. The molecule has 16 heavy (non-hydrogen) atoms. The molecule has 0 bridgehead atoms. The molecule has 84 valence electrons. The first kappa shape index (κ1) is 11.0. The minimum absolute atomic E-state index is 0.139. The third-order valence-electron chi connectivity index (χ3n) is 2.24. The van der Waals surface area contributed by atoms with E-state index in [4.69, 9.17) is 16.3 Å². The SMILES string of the molecule is COc1cccc(-n2cc(C(C)Cl)nn2)c1. The second-order valence-corrected chi connectivity index (χ2v) is 4.06. The number of methoxy groups -OCH3 is 1. The number of alkyl halides is 1. The fourth-order valence-electron chi connectivity index (χ4n) is 1.34. The van der Waals surface area contributed by atoms with Crippen molar-refractivity contribution >= 4 is 11.6 Å². The van der Waals surface area contributed by atoms with Crippen molar-refractivity contribution in [3.63, 3.8) is 0 Å². The fourth-order valence-corrected chi connectivity index (χ4v) is 1.44. The van der Waals surface area contributed by atoms with Crippen LogP contribution >= 0.6 is 11.6 Å². The van der Waals surface area contributed by atoms with Gasteiger partial charge in [0.25, 0.3) is 0 Å². The Balaban J connectivity index is 2.34. The molecule has 0 spiro atoms. The van der Waals surface area contributed by atoms with Gasteiger partial charge in [-0.1, -0.05) is 11.3 Å². The maximum absolute atomic E-state index is 5.92. The molecule has 0 saturated heterocycles. The molecule has 2 rings (SSSR count). The van der Waals surface area contributed by atoms with Crippen LogP contribution in [0.5, 0.6) is 5.75 Å². The lowest BCUT2D eigenvalue weighted by atomic mass is 10.3. The van der Waals surface area contributed by atoms with Crippen LogP contribution in [0, 0.1) is 0 Å². The summed E-state index contributed by atoms with van der Waals surface area (Å²) in [6.07, 6.45) is 1.81. The zero-order valence-electron chi connectivity index (χ0n) is 9.09. The highest BCUT2D eigenvalue weighted by atomic mass is 35.5. The van der Waals surface area contributed by atoms with Gasteiger partial charge in [-0.25, -0.2) is 4.68 Å². The van der Waals surface area contributed by atoms with Crippen LogP contribution in [0.2, 0.25) is 0 Å². The first-order valence-electron chi connectivity index (χ1n) is 4.91. The van der Waals surface area contributed by atoms with Crippen molar-refractivity contribution in [2.24, 2.45) is 0 Å². The topological polar surface area (TPSA) is 39.9 Å². The van der Waals surface area contributed by atoms with E-state index in [0.29, 0.717) is 0 Å². The minimum Gasteiger partial charge on any atom is -0.497 e. The Bertz CT molecular complexity index is 482. The second-order valence-electron chi connectivity index (χ2n) is 3.41. The molecular weight excluding hydrogens is 226 g/mol. The molecule has 1 aromatic carbocycles. The number of hydrogen-bond donors (Lipinski definition) is 0. The molecule has 2 aromatic rings. The molecule has 0 radical (unpaired) electrons. The summed E-state index contributed by atoms with van der Waals surface area (Å²) in [4.78, 5) is 0. The van der Waals surface area contributed by atoms with Crippen LogP contribution in [0.25, 0.3) is 5.69 Å². The van der Waals surface area contributed by atoms with Crippen molar-refractivity contribution < 1.29 is 4.74 Å². The van der Waals surface area contributed by atoms with Gasteiger partial charge in [-0.3, -0.25) is 0 Å². The zero-order valence-corrected chi connectivity index (χ0v) is 9.85. The molecule has 0 amide bonds. The molecule has 0 N–H and O–H groups in total. The molecule has 1 atom stereocenters. The number of nitrogens with zero attached hydrogens (tertiary/aromatic N) is 3. The second kappa shape index (κ2) is 4.53. The van der Waals surface area contributed by atoms with Gasteiger partial charge >= 0.3 is 0 Å². The van der Waals surface area contributed by atoms with Gasteiger partial charge < -0.3 is 4.74 Å². The van der Waals surface area contributed by atoms with Crippen LogP contribution in [-0.2, 0) is 0 Å². The Morgan fingerprint density at radius 1 is 1.44 bits per heavy atom. The van der Waals surface area contributed by atoms with Crippen LogP contribution in [0.1, 0.15) is 18.0 Å². The van der Waals surface area contributed by atoms with E-state index in [-0.39, 0.29) is 5.38 Å². The van der Waals surface area contributed by atoms with Crippen molar-refractivity contribution in [2.45, 2.75) is 12.3 Å². The Kier molecular flexibility index (Phi) is 3.10. The van der Waals surface area contributed by atoms with Gasteiger partial charge in [0.2, 0.25) is 0 Å². The Morgan fingerprint density at radius 2 is 2.25 bits per heavy atom. The van der Waals surface area contributed by atoms with E-state index in [1.54, 1.807) is 11.8 Å². The maximum Gasteiger partial charge on any atom is 0.121 e. The number of ether oxygens (including phenoxy) is 1. The van der Waals surface area contributed by atoms with E-state index in [1.807, 2.05) is 37.4 Å². The van der Waals surface area contributed by atoms with Crippen LogP contribution in [0.3, 0.4) is 0 Å². The van der Waals surface area contributed by atoms with Gasteiger partial charge in [0, 0.05) is 6.07 Å². The smallest absolute Gasteiger partial charge is 0.121 e. The molecule has 1 aromatic heterocycles. The van der Waals surface area contributed by atoms with Crippen LogP contribution in [-0.4, -0.2) is 22.1 Å². The molecule has 0 aliphatic carbocycles. The lowest BCUT2D eigenvalue weighted by Gasteiger charge is -2.03. The molecule has 0 fully saturated rings. The fraction of sp³-hybridized carbons (Fsp3) is 0.273. The molecule has 0 aliphatic rings. The van der Waals surface area contributed by atoms with E-state index in [9.17, 15) is 0 Å². The number of hydrogen-bond acceptors (Lipinski definition) is 3. The normalized spacial score (nSPS) is 12.4. The molecule has 4 nitrogen and oxygen atoms in total. The monoisotopic (exact) mass is 237 g/mol. The number of rotatable bonds is 3. The van der Waals surface area contributed by atoms with Crippen LogP contribution in [0.15, 0.2) is 30.5 Å². The first-order chi connectivity index (χ1) is 7.70. The summed E-state index contributed by atoms with van der Waals surface area (Å²) >= 11 is 5.92. The lowest BCUT2D eigenvalue weighted by molar-refractivity contribution is 0.414. The van der Waals surface area contributed by atoms with E-state index < -0.39 is 0 Å². The maximum atomic E-state index is 5.92. The average molecular weight is 238 g/mol. The summed E-state index contributed by atoms with van der Waals surface area (Å²) in [6.45, 7) is 1.86. The number of halogens is 1. The zero-order chi connectivity index (χ0) is 11.5. The van der Waals surface area contributed by atoms with E-state index >= 15 is 0 Å². The van der Waals surface area contributed by atoms with Gasteiger partial charge in [-0.2, -0.15) is 0 Å². The van der Waals surface area contributed by atoms with Crippen molar-refractivity contribution in [1.82, 2.24) is 15.0 Å². The summed E-state index contributed by atoms with van der Waals surface area (Å²) in [7, 11) is 1.63. The summed E-state index contributed by atoms with van der Waals surface area (Å²) in [5, 5.41) is 7.86. The van der Waals surface area contributed by atoms with Crippen molar-refractivity contribution in [3.8, 4) is 11.4 Å². The Morgan fingerprint density at radius 3 is 2.88 bits per heavy atom. The molecule has 1 unspecified atom stereocenters. The van der Waals surface area contributed by atoms with E-state index in [2.05, 4.69) is 10.3 Å². The molecule has 5 heteroatoms. The lowest BCUT2D eigenvalue weighted by Crippen LogP contribution is -1.95. The average Bonchev–Trinajstić information content (AvgIpc) is 2.78. The molecule has 1 heterocycles. The number of aromatic nitrogens is 3. The minimum atomic E-state index is -0.139. The van der Waals surface area contributed by atoms with Gasteiger partial charge in [0.05, 0.1) is 24.4 Å². The van der Waals surface area contributed by atoms with Crippen LogP contribution < -0.4 is 4.74 Å². The molecular formula is C11H12ClN3O. The Hall–Kier alpha value is -1.55. The molecule has 0 saturated carbocycles. The largest absolute Gasteiger partial charge is 0.497 e. The predicted octanol–water partition coefficient (Wildman–Crippen LogP) is 2.58. The highest BCUT2D eigenvalue weighted by Crippen LogP contribution is 2.19. The standard InChI is InChI=1S/C11H12ClN3O/c1-8(12)11-7-15(14-13-11)9-4-3-5-10(6-9)16-2/h3-8H,1-2H3. The van der Waals surface area contributed by atoms with E-state index in [0.717, 1.165) is 17.1 Å². The highest BCUT2D eigenvalue weighted by molar-refractivity contribution is 6.20. The summed E-state index contributed by atoms with van der Waals surface area (Å²) in [6, 6.07) is 7.60. The van der Waals surface area contributed by atoms with Crippen molar-refractivity contribution in [3.05, 3.63) is 36.2 Å².